The standard InChI is InChI=1S/C26H28ClN3O2/c1-29(16-21-11-26(32-28-21)18-5-7-20(27)8-6-18)14-17-3-2-4-23(9-17)31-24-12-22-10-19-15-30(22)25(19)13-24/h2-9,11,19,22,24-25H,10,12-16H2,1H3/t19-,22-,24+,25-/m1/s1. The Balaban J connectivity index is 1.05. The molecule has 1 unspecified atom stereocenters. The first-order valence-electron chi connectivity index (χ1n) is 11.5. The third-order valence-corrected chi connectivity index (χ3v) is 7.52. The lowest BCUT2D eigenvalue weighted by molar-refractivity contribution is -0.00908. The molecule has 5 heterocycles. The molecule has 0 spiro atoms. The van der Waals surface area contributed by atoms with Crippen molar-refractivity contribution in [1.82, 2.24) is 15.0 Å². The minimum Gasteiger partial charge on any atom is -0.490 e. The van der Waals surface area contributed by atoms with Gasteiger partial charge in [0.05, 0.1) is 5.69 Å². The molecule has 4 fully saturated rings. The van der Waals surface area contributed by atoms with Gasteiger partial charge in [0, 0.05) is 54.8 Å². The molecule has 0 N–H and O–H groups in total. The zero-order valence-corrected chi connectivity index (χ0v) is 19.0. The quantitative estimate of drug-likeness (QED) is 0.493. The highest BCUT2D eigenvalue weighted by molar-refractivity contribution is 6.30. The Labute approximate surface area is 193 Å². The zero-order valence-electron chi connectivity index (χ0n) is 18.3. The summed E-state index contributed by atoms with van der Waals surface area (Å²) in [5.41, 5.74) is 3.14. The van der Waals surface area contributed by atoms with Crippen LogP contribution in [0, 0.1) is 5.92 Å². The van der Waals surface area contributed by atoms with Gasteiger partial charge in [-0.15, -0.1) is 0 Å². The SMILES string of the molecule is CN(Cc1cccc(O[C@H]2C[C@H]3C[C@@H]4CN3[C@@H]4C2)c1)Cc1cc(-c2ccc(Cl)cc2)on1. The molecule has 166 valence electrons. The maximum atomic E-state index is 6.42. The van der Waals surface area contributed by atoms with E-state index in [2.05, 4.69) is 46.3 Å². The van der Waals surface area contributed by atoms with Crippen molar-refractivity contribution in [3.05, 3.63) is 70.9 Å². The molecule has 32 heavy (non-hydrogen) atoms. The fourth-order valence-electron chi connectivity index (χ4n) is 5.81. The van der Waals surface area contributed by atoms with Gasteiger partial charge in [0.15, 0.2) is 5.76 Å². The molecule has 1 aromatic heterocycles. The summed E-state index contributed by atoms with van der Waals surface area (Å²) in [5, 5.41) is 4.96. The molecule has 4 saturated heterocycles. The first kappa shape index (κ1) is 20.3. The Morgan fingerprint density at radius 3 is 2.81 bits per heavy atom. The van der Waals surface area contributed by atoms with Crippen LogP contribution in [0.2, 0.25) is 5.02 Å². The van der Waals surface area contributed by atoms with Gasteiger partial charge in [-0.05, 0) is 67.8 Å². The summed E-state index contributed by atoms with van der Waals surface area (Å²) in [6.07, 6.45) is 4.12. The first-order valence-corrected chi connectivity index (χ1v) is 11.9. The molecule has 5 atom stereocenters. The van der Waals surface area contributed by atoms with Gasteiger partial charge in [0.1, 0.15) is 11.9 Å². The lowest BCUT2D eigenvalue weighted by Crippen LogP contribution is -2.55. The average molecular weight is 450 g/mol. The average Bonchev–Trinajstić information content (AvgIpc) is 3.45. The van der Waals surface area contributed by atoms with E-state index in [1.54, 1.807) is 0 Å². The van der Waals surface area contributed by atoms with Crippen molar-refractivity contribution in [2.45, 2.75) is 50.5 Å². The monoisotopic (exact) mass is 449 g/mol. The Morgan fingerprint density at radius 2 is 1.97 bits per heavy atom. The summed E-state index contributed by atoms with van der Waals surface area (Å²) in [6.45, 7) is 2.87. The summed E-state index contributed by atoms with van der Waals surface area (Å²) in [6, 6.07) is 19.7. The number of piperidine rings is 1. The fourth-order valence-corrected chi connectivity index (χ4v) is 5.94. The van der Waals surface area contributed by atoms with Crippen molar-refractivity contribution < 1.29 is 9.26 Å². The van der Waals surface area contributed by atoms with Crippen LogP contribution in [0.15, 0.2) is 59.1 Å². The number of ether oxygens (including phenoxy) is 1. The summed E-state index contributed by atoms with van der Waals surface area (Å²) in [7, 11) is 2.10. The third kappa shape index (κ3) is 3.94. The number of nitrogens with zero attached hydrogens (tertiary/aromatic N) is 3. The molecule has 2 aromatic carbocycles. The van der Waals surface area contributed by atoms with Crippen molar-refractivity contribution in [2.24, 2.45) is 5.92 Å². The van der Waals surface area contributed by atoms with E-state index in [0.29, 0.717) is 17.7 Å². The number of hydrogen-bond donors (Lipinski definition) is 0. The summed E-state index contributed by atoms with van der Waals surface area (Å²) in [5.74, 6) is 2.69. The van der Waals surface area contributed by atoms with Crippen LogP contribution in [0.5, 0.6) is 5.75 Å². The van der Waals surface area contributed by atoms with Gasteiger partial charge >= 0.3 is 0 Å². The maximum Gasteiger partial charge on any atom is 0.167 e. The molecule has 4 aliphatic rings. The molecule has 5 nitrogen and oxygen atoms in total. The van der Waals surface area contributed by atoms with Crippen molar-refractivity contribution in [3.63, 3.8) is 0 Å². The van der Waals surface area contributed by atoms with Crippen molar-refractivity contribution in [2.75, 3.05) is 13.6 Å². The number of benzene rings is 2. The lowest BCUT2D eigenvalue weighted by atomic mass is 9.88. The third-order valence-electron chi connectivity index (χ3n) is 7.27. The van der Waals surface area contributed by atoms with E-state index < -0.39 is 0 Å². The molecular formula is C26H28ClN3O2. The predicted molar refractivity (Wildman–Crippen MR) is 125 cm³/mol. The van der Waals surface area contributed by atoms with Gasteiger partial charge in [0.25, 0.3) is 0 Å². The van der Waals surface area contributed by atoms with E-state index in [1.807, 2.05) is 30.3 Å². The van der Waals surface area contributed by atoms with Crippen LogP contribution < -0.4 is 4.74 Å². The minimum absolute atomic E-state index is 0.362. The molecule has 0 radical (unpaired) electrons. The van der Waals surface area contributed by atoms with Gasteiger partial charge < -0.3 is 9.26 Å². The highest BCUT2D eigenvalue weighted by atomic mass is 35.5. The second kappa shape index (κ2) is 8.22. The smallest absolute Gasteiger partial charge is 0.167 e. The maximum absolute atomic E-state index is 6.42. The van der Waals surface area contributed by atoms with Gasteiger partial charge in [-0.1, -0.05) is 28.9 Å². The Hall–Kier alpha value is -2.34. The Kier molecular flexibility index (Phi) is 5.21. The Morgan fingerprint density at radius 1 is 1.09 bits per heavy atom. The van der Waals surface area contributed by atoms with Crippen molar-refractivity contribution in [1.29, 1.82) is 0 Å². The number of rotatable bonds is 7. The van der Waals surface area contributed by atoms with Crippen LogP contribution in [-0.4, -0.2) is 46.7 Å². The highest BCUT2D eigenvalue weighted by Gasteiger charge is 2.55. The van der Waals surface area contributed by atoms with Gasteiger partial charge in [0.2, 0.25) is 0 Å². The molecular weight excluding hydrogens is 422 g/mol. The first-order chi connectivity index (χ1) is 15.6. The van der Waals surface area contributed by atoms with Crippen LogP contribution in [0.25, 0.3) is 11.3 Å². The summed E-state index contributed by atoms with van der Waals surface area (Å²) >= 11 is 5.98. The minimum atomic E-state index is 0.362. The topological polar surface area (TPSA) is 41.7 Å². The molecule has 0 aliphatic carbocycles. The Bertz CT molecular complexity index is 1090. The van der Waals surface area contributed by atoms with Crippen LogP contribution in [0.3, 0.4) is 0 Å². The normalized spacial score (nSPS) is 28.0. The van der Waals surface area contributed by atoms with E-state index in [1.165, 1.54) is 31.4 Å². The van der Waals surface area contributed by atoms with Gasteiger partial charge in [-0.3, -0.25) is 9.80 Å². The van der Waals surface area contributed by atoms with E-state index in [0.717, 1.165) is 47.3 Å². The van der Waals surface area contributed by atoms with E-state index in [9.17, 15) is 0 Å². The van der Waals surface area contributed by atoms with Crippen LogP contribution in [0.4, 0.5) is 0 Å². The van der Waals surface area contributed by atoms with Crippen LogP contribution in [-0.2, 0) is 13.1 Å². The van der Waals surface area contributed by atoms with Gasteiger partial charge in [-0.2, -0.15) is 0 Å². The second-order valence-electron chi connectivity index (χ2n) is 9.63. The van der Waals surface area contributed by atoms with Crippen molar-refractivity contribution >= 4 is 11.6 Å². The largest absolute Gasteiger partial charge is 0.490 e. The van der Waals surface area contributed by atoms with Gasteiger partial charge in [-0.25, -0.2) is 0 Å². The highest BCUT2D eigenvalue weighted by Crippen LogP contribution is 2.48. The van der Waals surface area contributed by atoms with E-state index in [-0.39, 0.29) is 0 Å². The molecule has 4 bridgehead atoms. The zero-order chi connectivity index (χ0) is 21.7. The lowest BCUT2D eigenvalue weighted by Gasteiger charge is -2.46. The summed E-state index contributed by atoms with van der Waals surface area (Å²) in [4.78, 5) is 4.93. The van der Waals surface area contributed by atoms with E-state index >= 15 is 0 Å². The van der Waals surface area contributed by atoms with Crippen LogP contribution >= 0.6 is 11.6 Å². The molecule has 4 aliphatic heterocycles. The molecule has 0 saturated carbocycles. The fraction of sp³-hybridized carbons (Fsp3) is 0.423. The van der Waals surface area contributed by atoms with Crippen LogP contribution in [0.1, 0.15) is 30.5 Å². The second-order valence-corrected chi connectivity index (χ2v) is 10.1. The molecule has 3 aromatic rings. The number of aromatic nitrogens is 1. The summed E-state index contributed by atoms with van der Waals surface area (Å²) < 4.78 is 12.0. The molecule has 6 heteroatoms. The predicted octanol–water partition coefficient (Wildman–Crippen LogP) is 5.24. The number of hydrogen-bond acceptors (Lipinski definition) is 5. The molecule has 0 amide bonds. The number of halogens is 1. The van der Waals surface area contributed by atoms with E-state index in [4.69, 9.17) is 20.9 Å². The molecule has 7 rings (SSSR count). The van der Waals surface area contributed by atoms with Crippen molar-refractivity contribution in [3.8, 4) is 17.1 Å².